The van der Waals surface area contributed by atoms with E-state index in [1.165, 1.54) is 0 Å². The van der Waals surface area contributed by atoms with Crippen molar-refractivity contribution in [1.82, 2.24) is 0 Å². The predicted octanol–water partition coefficient (Wildman–Crippen LogP) is 29.6. The highest BCUT2D eigenvalue weighted by molar-refractivity contribution is 7.80. The topological polar surface area (TPSA) is 64.6 Å². The Kier molecular flexibility index (Phi) is 37.9. The summed E-state index contributed by atoms with van der Waals surface area (Å²) in [6.07, 6.45) is -48.1. The highest BCUT2D eigenvalue weighted by atomic mass is 32.1. The van der Waals surface area contributed by atoms with Crippen molar-refractivity contribution in [3.8, 4) is 34.5 Å². The maximum absolute atomic E-state index is 14.6. The number of benzene rings is 3. The van der Waals surface area contributed by atoms with Crippen molar-refractivity contribution in [2.45, 2.75) is 291 Å². The molecule has 60 heteroatoms. The van der Waals surface area contributed by atoms with E-state index in [0.29, 0.717) is 37.1 Å². The van der Waals surface area contributed by atoms with Gasteiger partial charge in [-0.05, 0) is 123 Å². The third-order valence-corrected chi connectivity index (χ3v) is 19.0. The molecule has 0 radical (unpaired) electrons. The minimum atomic E-state index is -8.31. The standard InChI is InChI=1S/C71H68F52O7S/c72-48(73,52(80,81)56(88,89)60(96,97)64(104,105)68(112,113)114)17-7-12-22-125-42-29-40(30-43(33-42)126-23-13-8-18-49(74,75)53(82,83)57(90,91)61(98,99)65(106,107)69(115,116)117)37-129-46-27-39(36-124-21-11-5-3-1-2-4-6-16-26-131)28-47(35-46)130-38-41-31-44(127-24-14-9-19-50(76,77)54(84,85)58(92,93)62(100,101)66(108,109)70(118,119)120)34-45(32-41)128-25-15-10-20-51(78,79)55(86,87)59(94,95)63(102,103)67(110,111)71(121,122)123/h27-35,131H,1-26,36-38H2. The van der Waals surface area contributed by atoms with Gasteiger partial charge in [-0.25, -0.2) is 0 Å². The predicted molar refractivity (Wildman–Crippen MR) is 349 cm³/mol. The number of unbranched alkanes of at least 4 members (excludes halogenated alkanes) is 11. The average Bonchev–Trinajstić information content (AvgIpc) is 0.725. The zero-order valence-corrected chi connectivity index (χ0v) is 66.1. The summed E-state index contributed by atoms with van der Waals surface area (Å²) in [6, 6.07) is 7.38. The lowest BCUT2D eigenvalue weighted by atomic mass is 9.92. The van der Waals surface area contributed by atoms with Crippen molar-refractivity contribution < 1.29 is 261 Å². The van der Waals surface area contributed by atoms with Crippen LogP contribution in [0.1, 0.15) is 145 Å². The molecule has 3 aromatic carbocycles. The molecule has 0 fully saturated rings. The lowest BCUT2D eigenvalue weighted by Crippen LogP contribution is -2.70. The van der Waals surface area contributed by atoms with Gasteiger partial charge in [0.05, 0.1) is 33.0 Å². The Bertz CT molecular complexity index is 3620. The van der Waals surface area contributed by atoms with E-state index in [9.17, 15) is 228 Å². The van der Waals surface area contributed by atoms with Crippen molar-refractivity contribution in [3.05, 3.63) is 71.3 Å². The van der Waals surface area contributed by atoms with Gasteiger partial charge in [-0.15, -0.1) is 0 Å². The van der Waals surface area contributed by atoms with Crippen LogP contribution < -0.4 is 28.4 Å². The van der Waals surface area contributed by atoms with Gasteiger partial charge < -0.3 is 33.2 Å². The van der Waals surface area contributed by atoms with Gasteiger partial charge in [0.15, 0.2) is 0 Å². The summed E-state index contributed by atoms with van der Waals surface area (Å²) >= 11 is 4.11. The van der Waals surface area contributed by atoms with Crippen LogP contribution in [0, 0.1) is 0 Å². The van der Waals surface area contributed by atoms with Crippen molar-refractivity contribution in [2.75, 3.05) is 38.8 Å². The van der Waals surface area contributed by atoms with E-state index in [1.54, 1.807) is 0 Å². The minimum absolute atomic E-state index is 0.0241. The fourth-order valence-corrected chi connectivity index (χ4v) is 11.2. The van der Waals surface area contributed by atoms with Gasteiger partial charge in [0.2, 0.25) is 0 Å². The van der Waals surface area contributed by atoms with Crippen LogP contribution in [-0.2, 0) is 24.6 Å². The Morgan fingerprint density at radius 2 is 0.336 bits per heavy atom. The Hall–Kier alpha value is -6.87. The van der Waals surface area contributed by atoms with E-state index in [2.05, 4.69) is 12.6 Å². The van der Waals surface area contributed by atoms with E-state index in [-0.39, 0.29) is 12.2 Å². The molecule has 0 N–H and O–H groups in total. The maximum Gasteiger partial charge on any atom is 0.460 e. The van der Waals surface area contributed by atoms with Crippen molar-refractivity contribution in [3.63, 3.8) is 0 Å². The first-order valence-corrected chi connectivity index (χ1v) is 37.5. The Morgan fingerprint density at radius 1 is 0.168 bits per heavy atom. The van der Waals surface area contributed by atoms with Gasteiger partial charge >= 0.3 is 143 Å². The number of halogens is 52. The molecule has 0 aliphatic rings. The molecule has 0 aliphatic carbocycles. The molecule has 3 aromatic rings. The SMILES string of the molecule is FC(F)(F)C(F)(F)C(F)(F)C(F)(F)C(F)(F)C(F)(F)CCCCOc1cc(COc2cc(COCCCCCCCCCCS)cc(OCc3cc(OCCCCC(F)(F)C(F)(F)C(F)(F)C(F)(F)C(F)(F)C(F)(F)F)cc(OCCCCC(F)(F)C(F)(F)C(F)(F)C(F)(F)C(F)(F)C(F)(F)F)c3)c2)cc(OCCCCC(F)(F)C(F)(F)C(F)(F)C(F)(F)C(F)(F)C(F)(F)F)c1. The number of rotatable bonds is 58. The first-order valence-electron chi connectivity index (χ1n) is 36.8. The number of hydrogen-bond donors (Lipinski definition) is 1. The third kappa shape index (κ3) is 25.1. The summed E-state index contributed by atoms with van der Waals surface area (Å²) in [5.74, 6) is -159. The van der Waals surface area contributed by atoms with Gasteiger partial charge in [-0.2, -0.15) is 241 Å². The van der Waals surface area contributed by atoms with Crippen LogP contribution in [0.25, 0.3) is 0 Å². The molecule has 0 aromatic heterocycles. The van der Waals surface area contributed by atoms with Gasteiger partial charge in [0, 0.05) is 50.5 Å². The zero-order chi connectivity index (χ0) is 102. The lowest BCUT2D eigenvalue weighted by Gasteiger charge is -2.39. The van der Waals surface area contributed by atoms with Crippen LogP contribution in [0.5, 0.6) is 34.5 Å². The summed E-state index contributed by atoms with van der Waals surface area (Å²) in [5, 5.41) is 0. The van der Waals surface area contributed by atoms with Crippen LogP contribution in [0.3, 0.4) is 0 Å². The van der Waals surface area contributed by atoms with Gasteiger partial charge in [0.1, 0.15) is 47.7 Å². The van der Waals surface area contributed by atoms with E-state index in [1.807, 2.05) is 0 Å². The maximum atomic E-state index is 14.6. The molecule has 0 aliphatic heterocycles. The normalized spacial score (nSPS) is 14.9. The molecular weight excluding hydrogens is 1980 g/mol. The first-order chi connectivity index (χ1) is 58.6. The van der Waals surface area contributed by atoms with Crippen LogP contribution in [-0.4, -0.2) is 182 Å². The van der Waals surface area contributed by atoms with Crippen LogP contribution in [0.2, 0.25) is 0 Å². The van der Waals surface area contributed by atoms with Gasteiger partial charge in [0.25, 0.3) is 0 Å². The molecule has 0 atom stereocenters. The summed E-state index contributed by atoms with van der Waals surface area (Å²) in [7, 11) is 0. The van der Waals surface area contributed by atoms with E-state index < -0.39 is 312 Å². The largest absolute Gasteiger partial charge is 0.493 e. The molecule has 0 heterocycles. The molecule has 0 saturated carbocycles. The second-order valence-electron chi connectivity index (χ2n) is 28.8. The van der Waals surface area contributed by atoms with E-state index in [4.69, 9.17) is 33.2 Å². The number of thiol groups is 1. The Labute approximate surface area is 708 Å². The highest BCUT2D eigenvalue weighted by Crippen LogP contribution is 2.66. The van der Waals surface area contributed by atoms with Crippen molar-refractivity contribution in [2.24, 2.45) is 0 Å². The van der Waals surface area contributed by atoms with Crippen molar-refractivity contribution >= 4 is 12.6 Å². The molecule has 0 spiro atoms. The van der Waals surface area contributed by atoms with E-state index in [0.717, 1.165) is 74.6 Å². The summed E-state index contributed by atoms with van der Waals surface area (Å²) in [5.41, 5.74) is -0.862. The van der Waals surface area contributed by atoms with Crippen LogP contribution >= 0.6 is 12.6 Å². The summed E-state index contributed by atoms with van der Waals surface area (Å²) in [4.78, 5) is 0. The number of alkyl halides is 52. The fraction of sp³-hybridized carbons (Fsp3) is 0.746. The number of ether oxygens (including phenoxy) is 7. The molecule has 131 heavy (non-hydrogen) atoms. The smallest absolute Gasteiger partial charge is 0.460 e. The zero-order valence-electron chi connectivity index (χ0n) is 65.2. The monoisotopic (exact) mass is 2050 g/mol. The Balaban J connectivity index is 2.17. The van der Waals surface area contributed by atoms with E-state index >= 15 is 0 Å². The second-order valence-corrected chi connectivity index (χ2v) is 29.3. The molecule has 0 amide bonds. The molecule has 0 saturated heterocycles. The van der Waals surface area contributed by atoms with Gasteiger partial charge in [-0.1, -0.05) is 38.5 Å². The minimum Gasteiger partial charge on any atom is -0.493 e. The summed E-state index contributed by atoms with van der Waals surface area (Å²) < 4.78 is 754. The molecule has 764 valence electrons. The fourth-order valence-electron chi connectivity index (χ4n) is 10.9. The summed E-state index contributed by atoms with van der Waals surface area (Å²) in [6.45, 7) is -7.35. The number of hydrogen-bond acceptors (Lipinski definition) is 8. The highest BCUT2D eigenvalue weighted by Gasteiger charge is 2.95. The third-order valence-electron chi connectivity index (χ3n) is 18.7. The molecule has 0 bridgehead atoms. The van der Waals surface area contributed by atoms with Crippen LogP contribution in [0.15, 0.2) is 54.6 Å². The Morgan fingerprint density at radius 3 is 0.534 bits per heavy atom. The average molecular weight is 2050 g/mol. The van der Waals surface area contributed by atoms with Crippen LogP contribution in [0.4, 0.5) is 228 Å². The quantitative estimate of drug-likeness (QED) is 0.0343. The molecule has 7 nitrogen and oxygen atoms in total. The molecule has 3 rings (SSSR count). The van der Waals surface area contributed by atoms with Gasteiger partial charge in [-0.3, -0.25) is 0 Å². The lowest BCUT2D eigenvalue weighted by molar-refractivity contribution is -0.440. The first kappa shape index (κ1) is 118. The molecule has 0 unspecified atom stereocenters. The second kappa shape index (κ2) is 42.0. The molecular formula is C71H68F52O7S. The van der Waals surface area contributed by atoms with Crippen molar-refractivity contribution in [1.29, 1.82) is 0 Å².